The van der Waals surface area contributed by atoms with E-state index in [1.807, 2.05) is 13.1 Å². The second kappa shape index (κ2) is 13.8. The van der Waals surface area contributed by atoms with Gasteiger partial charge in [-0.05, 0) is 80.6 Å². The summed E-state index contributed by atoms with van der Waals surface area (Å²) in [5.41, 5.74) is 5.33. The van der Waals surface area contributed by atoms with E-state index in [1.165, 1.54) is 29.5 Å². The Balaban J connectivity index is 1.27. The molecular weight excluding hydrogens is 579 g/mol. The highest BCUT2D eigenvalue weighted by molar-refractivity contribution is 6.76. The van der Waals surface area contributed by atoms with Gasteiger partial charge in [-0.1, -0.05) is 57.6 Å². The minimum atomic E-state index is -1.24. The molecule has 1 aromatic heterocycles. The second-order valence-corrected chi connectivity index (χ2v) is 21.0. The van der Waals surface area contributed by atoms with Gasteiger partial charge in [-0.3, -0.25) is 9.59 Å². The molecule has 9 heteroatoms. The molecule has 8 nitrogen and oxygen atoms in total. The molecule has 246 valence electrons. The van der Waals surface area contributed by atoms with Crippen molar-refractivity contribution in [1.82, 2.24) is 25.5 Å². The van der Waals surface area contributed by atoms with Crippen LogP contribution in [0.1, 0.15) is 113 Å². The van der Waals surface area contributed by atoms with Crippen molar-refractivity contribution in [2.75, 3.05) is 19.7 Å². The Hall–Kier alpha value is -2.33. The van der Waals surface area contributed by atoms with E-state index in [0.29, 0.717) is 37.4 Å². The van der Waals surface area contributed by atoms with Crippen molar-refractivity contribution in [3.8, 4) is 11.3 Å². The number of carbonyl (C=O) groups excluding carboxylic acids is 2. The number of imidazole rings is 1. The molecule has 3 N–H and O–H groups in total. The van der Waals surface area contributed by atoms with E-state index < -0.39 is 8.07 Å². The van der Waals surface area contributed by atoms with Gasteiger partial charge in [-0.2, -0.15) is 0 Å². The fraction of sp³-hybridized carbons (Fsp3) is 0.694. The first-order valence-corrected chi connectivity index (χ1v) is 21.4. The van der Waals surface area contributed by atoms with Crippen molar-refractivity contribution < 1.29 is 14.3 Å². The van der Waals surface area contributed by atoms with Crippen LogP contribution in [0.15, 0.2) is 24.4 Å². The Morgan fingerprint density at radius 2 is 1.93 bits per heavy atom. The SMILES string of the molecule is CCC(=O)CCCCC[C@H](NC(=O)[C@H]1CC12CCNCC2)c1ncc(-c2cccc3c2C2CCC3N2)n1COCC[Si](C)(C)C. The van der Waals surface area contributed by atoms with Gasteiger partial charge >= 0.3 is 0 Å². The minimum absolute atomic E-state index is 0.0965. The molecule has 6 rings (SSSR count). The van der Waals surface area contributed by atoms with Crippen LogP contribution in [-0.2, 0) is 21.1 Å². The largest absolute Gasteiger partial charge is 0.361 e. The van der Waals surface area contributed by atoms with Crippen LogP contribution in [0.5, 0.6) is 0 Å². The van der Waals surface area contributed by atoms with Gasteiger partial charge in [-0.25, -0.2) is 4.98 Å². The van der Waals surface area contributed by atoms with Gasteiger partial charge in [-0.15, -0.1) is 0 Å². The van der Waals surface area contributed by atoms with Crippen molar-refractivity contribution in [2.24, 2.45) is 11.3 Å². The summed E-state index contributed by atoms with van der Waals surface area (Å²) in [6, 6.07) is 8.45. The predicted molar refractivity (Wildman–Crippen MR) is 182 cm³/mol. The number of unbranched alkanes of at least 4 members (excludes halogenated alkanes) is 2. The molecule has 1 aromatic carbocycles. The molecule has 2 bridgehead atoms. The standard InChI is InChI=1S/C36H55N5O3Si/c1-5-25(42)10-7-6-8-13-31(40-35(43)28-22-36(28)16-18-37-19-17-36)34-38-23-32(41(34)24-44-20-21-45(2,3)4)27-12-9-11-26-29-14-15-30(39-29)33(26)27/h9,11-12,23,28-31,37,39H,5-8,10,13-22,24H2,1-4H3,(H,40,43)/t28-,29?,30?,31+/m1/s1. The highest BCUT2D eigenvalue weighted by Crippen LogP contribution is 2.58. The van der Waals surface area contributed by atoms with E-state index in [4.69, 9.17) is 9.72 Å². The number of nitrogens with one attached hydrogen (secondary N) is 3. The summed E-state index contributed by atoms with van der Waals surface area (Å²) >= 11 is 0. The van der Waals surface area contributed by atoms with Crippen LogP contribution in [0.3, 0.4) is 0 Å². The van der Waals surface area contributed by atoms with Crippen LogP contribution < -0.4 is 16.0 Å². The number of ether oxygens (including phenoxy) is 1. The molecule has 4 atom stereocenters. The summed E-state index contributed by atoms with van der Waals surface area (Å²) in [6.07, 6.45) is 12.4. The molecule has 2 unspecified atom stereocenters. The van der Waals surface area contributed by atoms with Gasteiger partial charge in [0.1, 0.15) is 18.3 Å². The topological polar surface area (TPSA) is 97.3 Å². The average molecular weight is 634 g/mol. The summed E-state index contributed by atoms with van der Waals surface area (Å²) in [4.78, 5) is 30.8. The van der Waals surface area contributed by atoms with Crippen molar-refractivity contribution in [2.45, 2.75) is 128 Å². The lowest BCUT2D eigenvalue weighted by atomic mass is 9.87. The monoisotopic (exact) mass is 633 g/mol. The molecule has 1 spiro atoms. The summed E-state index contributed by atoms with van der Waals surface area (Å²) in [5, 5.41) is 10.8. The number of carbonyl (C=O) groups is 2. The highest BCUT2D eigenvalue weighted by atomic mass is 28.3. The molecular formula is C36H55N5O3Si. The number of rotatable bonds is 16. The van der Waals surface area contributed by atoms with Crippen LogP contribution in [0.2, 0.25) is 25.7 Å². The van der Waals surface area contributed by atoms with E-state index >= 15 is 0 Å². The first kappa shape index (κ1) is 32.6. The normalized spacial score (nSPS) is 23.7. The third kappa shape index (κ3) is 7.32. The van der Waals surface area contributed by atoms with Crippen LogP contribution in [0, 0.1) is 11.3 Å². The molecule has 2 aromatic rings. The summed E-state index contributed by atoms with van der Waals surface area (Å²) < 4.78 is 8.66. The van der Waals surface area contributed by atoms with Gasteiger partial charge in [0.15, 0.2) is 0 Å². The minimum Gasteiger partial charge on any atom is -0.361 e. The van der Waals surface area contributed by atoms with Crippen LogP contribution in [0.25, 0.3) is 11.3 Å². The van der Waals surface area contributed by atoms with Gasteiger partial charge in [0.25, 0.3) is 0 Å². The molecule has 0 radical (unpaired) electrons. The van der Waals surface area contributed by atoms with E-state index in [9.17, 15) is 9.59 Å². The van der Waals surface area contributed by atoms with Crippen LogP contribution in [-0.4, -0.2) is 49.0 Å². The van der Waals surface area contributed by atoms with Crippen molar-refractivity contribution in [1.29, 1.82) is 0 Å². The predicted octanol–water partition coefficient (Wildman–Crippen LogP) is 6.82. The van der Waals surface area contributed by atoms with Gasteiger partial charge in [0, 0.05) is 51.1 Å². The zero-order valence-corrected chi connectivity index (χ0v) is 29.1. The number of piperidine rings is 1. The fourth-order valence-corrected chi connectivity index (χ4v) is 8.78. The van der Waals surface area contributed by atoms with Crippen molar-refractivity contribution in [3.05, 3.63) is 41.3 Å². The Bertz CT molecular complexity index is 1360. The first-order valence-electron chi connectivity index (χ1n) is 17.7. The molecule has 3 aliphatic heterocycles. The number of fused-ring (bicyclic) bond motifs is 5. The second-order valence-electron chi connectivity index (χ2n) is 15.4. The maximum absolute atomic E-state index is 13.8. The molecule has 4 aliphatic rings. The number of nitrogens with zero attached hydrogens (tertiary/aromatic N) is 2. The number of aromatic nitrogens is 2. The smallest absolute Gasteiger partial charge is 0.224 e. The number of benzene rings is 1. The van der Waals surface area contributed by atoms with E-state index in [0.717, 1.165) is 82.2 Å². The number of ketones is 1. The Morgan fingerprint density at radius 1 is 1.13 bits per heavy atom. The maximum atomic E-state index is 13.8. The summed E-state index contributed by atoms with van der Waals surface area (Å²) in [5.74, 6) is 1.50. The van der Waals surface area contributed by atoms with Crippen LogP contribution >= 0.6 is 0 Å². The molecule has 1 amide bonds. The quantitative estimate of drug-likeness (QED) is 0.139. The fourth-order valence-electron chi connectivity index (χ4n) is 8.03. The van der Waals surface area contributed by atoms with E-state index in [-0.39, 0.29) is 23.3 Å². The average Bonchev–Trinajstić information content (AvgIpc) is 3.38. The molecule has 3 fully saturated rings. The lowest BCUT2D eigenvalue weighted by molar-refractivity contribution is -0.124. The number of hydrogen-bond donors (Lipinski definition) is 3. The Labute approximate surface area is 270 Å². The Morgan fingerprint density at radius 3 is 2.71 bits per heavy atom. The van der Waals surface area contributed by atoms with Gasteiger partial charge < -0.3 is 25.3 Å². The van der Waals surface area contributed by atoms with E-state index in [2.05, 4.69) is 58.4 Å². The zero-order valence-electron chi connectivity index (χ0n) is 28.1. The lowest BCUT2D eigenvalue weighted by Gasteiger charge is -2.25. The van der Waals surface area contributed by atoms with Crippen molar-refractivity contribution in [3.63, 3.8) is 0 Å². The molecule has 1 aliphatic carbocycles. The number of Topliss-reactive ketones (excluding diaryl/α,β-unsaturated/α-hetero) is 1. The molecule has 2 saturated heterocycles. The molecule has 45 heavy (non-hydrogen) atoms. The number of amides is 1. The summed E-state index contributed by atoms with van der Waals surface area (Å²) in [6.45, 7) is 12.2. The first-order chi connectivity index (χ1) is 21.7. The number of hydrogen-bond acceptors (Lipinski definition) is 6. The van der Waals surface area contributed by atoms with Gasteiger partial charge in [0.2, 0.25) is 5.91 Å². The lowest BCUT2D eigenvalue weighted by Crippen LogP contribution is -2.36. The van der Waals surface area contributed by atoms with Crippen molar-refractivity contribution >= 4 is 19.8 Å². The maximum Gasteiger partial charge on any atom is 0.224 e. The highest BCUT2D eigenvalue weighted by Gasteiger charge is 2.57. The zero-order chi connectivity index (χ0) is 31.6. The molecule has 4 heterocycles. The molecule has 1 saturated carbocycles. The van der Waals surface area contributed by atoms with Crippen LogP contribution in [0.4, 0.5) is 0 Å². The Kier molecular flexibility index (Phi) is 10.00. The third-order valence-corrected chi connectivity index (χ3v) is 12.7. The third-order valence-electron chi connectivity index (χ3n) is 11.0. The van der Waals surface area contributed by atoms with Gasteiger partial charge in [0.05, 0.1) is 17.9 Å². The summed E-state index contributed by atoms with van der Waals surface area (Å²) in [7, 11) is -1.24. The van der Waals surface area contributed by atoms with E-state index in [1.54, 1.807) is 0 Å².